The maximum absolute atomic E-state index is 4.13. The summed E-state index contributed by atoms with van der Waals surface area (Å²) in [6.45, 7) is 0. The number of H-pyrrole nitrogens is 1. The number of rotatable bonds is 2. The van der Waals surface area contributed by atoms with E-state index in [2.05, 4.69) is 76.7 Å². The lowest BCUT2D eigenvalue weighted by atomic mass is 9.94. The van der Waals surface area contributed by atoms with E-state index in [-0.39, 0.29) is 0 Å². The van der Waals surface area contributed by atoms with Crippen molar-refractivity contribution in [1.29, 1.82) is 0 Å². The molecule has 1 heterocycles. The molecule has 0 unspecified atom stereocenters. The standard InChI is InChI=1S/C22H16N2/c1-2-8-18-16(5-1)12-21-19(9-4-10-20(18)21)15-6-3-7-17(11-15)22-13-23-14-24-22/h1-11,13-14H,12H2,(H,23,24). The summed E-state index contributed by atoms with van der Waals surface area (Å²) >= 11 is 0. The van der Waals surface area contributed by atoms with E-state index in [0.717, 1.165) is 17.7 Å². The van der Waals surface area contributed by atoms with Crippen LogP contribution in [0.3, 0.4) is 0 Å². The van der Waals surface area contributed by atoms with Crippen LogP contribution in [0.2, 0.25) is 0 Å². The third-order valence-electron chi connectivity index (χ3n) is 4.83. The van der Waals surface area contributed by atoms with Gasteiger partial charge in [-0.3, -0.25) is 0 Å². The van der Waals surface area contributed by atoms with Crippen molar-refractivity contribution < 1.29 is 0 Å². The van der Waals surface area contributed by atoms with Crippen LogP contribution in [0.5, 0.6) is 0 Å². The minimum Gasteiger partial charge on any atom is -0.345 e. The lowest BCUT2D eigenvalue weighted by Crippen LogP contribution is -1.88. The highest BCUT2D eigenvalue weighted by atomic mass is 14.9. The summed E-state index contributed by atoms with van der Waals surface area (Å²) in [6, 6.07) is 24.0. The molecular weight excluding hydrogens is 292 g/mol. The molecule has 0 aliphatic heterocycles. The van der Waals surface area contributed by atoms with Crippen LogP contribution < -0.4 is 0 Å². The Kier molecular flexibility index (Phi) is 2.89. The molecule has 24 heavy (non-hydrogen) atoms. The summed E-state index contributed by atoms with van der Waals surface area (Å²) in [4.78, 5) is 7.32. The number of hydrogen-bond donors (Lipinski definition) is 1. The molecule has 0 bridgehead atoms. The highest BCUT2D eigenvalue weighted by Crippen LogP contribution is 2.41. The number of benzene rings is 3. The van der Waals surface area contributed by atoms with Crippen LogP contribution in [0, 0.1) is 0 Å². The first-order valence-corrected chi connectivity index (χ1v) is 8.19. The van der Waals surface area contributed by atoms with Crippen LogP contribution >= 0.6 is 0 Å². The fraction of sp³-hybridized carbons (Fsp3) is 0.0455. The molecule has 2 heteroatoms. The van der Waals surface area contributed by atoms with Crippen LogP contribution in [0.1, 0.15) is 11.1 Å². The smallest absolute Gasteiger partial charge is 0.0924 e. The van der Waals surface area contributed by atoms with Gasteiger partial charge in [-0.25, -0.2) is 4.98 Å². The van der Waals surface area contributed by atoms with Crippen molar-refractivity contribution in [2.75, 3.05) is 0 Å². The largest absolute Gasteiger partial charge is 0.345 e. The molecule has 1 aliphatic carbocycles. The van der Waals surface area contributed by atoms with E-state index in [4.69, 9.17) is 0 Å². The van der Waals surface area contributed by atoms with Gasteiger partial charge >= 0.3 is 0 Å². The average Bonchev–Trinajstić information content (AvgIpc) is 3.29. The summed E-state index contributed by atoms with van der Waals surface area (Å²) in [5.74, 6) is 0. The van der Waals surface area contributed by atoms with Gasteiger partial charge in [-0.05, 0) is 45.9 Å². The molecular formula is C22H16N2. The Morgan fingerprint density at radius 2 is 1.54 bits per heavy atom. The second-order valence-electron chi connectivity index (χ2n) is 6.21. The molecule has 2 nitrogen and oxygen atoms in total. The fourth-order valence-corrected chi connectivity index (χ4v) is 3.70. The zero-order valence-corrected chi connectivity index (χ0v) is 13.2. The highest BCUT2D eigenvalue weighted by molar-refractivity contribution is 5.85. The summed E-state index contributed by atoms with van der Waals surface area (Å²) in [5, 5.41) is 0. The second kappa shape index (κ2) is 5.20. The molecule has 0 fully saturated rings. The van der Waals surface area contributed by atoms with Crippen LogP contribution in [-0.4, -0.2) is 9.97 Å². The molecule has 4 aromatic rings. The molecule has 0 saturated carbocycles. The van der Waals surface area contributed by atoms with Crippen molar-refractivity contribution in [2.45, 2.75) is 6.42 Å². The zero-order valence-electron chi connectivity index (χ0n) is 13.2. The molecule has 1 aliphatic rings. The zero-order chi connectivity index (χ0) is 15.9. The molecule has 0 spiro atoms. The Hall–Kier alpha value is -3.13. The predicted molar refractivity (Wildman–Crippen MR) is 97.7 cm³/mol. The first-order valence-electron chi connectivity index (χ1n) is 8.19. The van der Waals surface area contributed by atoms with E-state index in [1.54, 1.807) is 6.33 Å². The third-order valence-corrected chi connectivity index (χ3v) is 4.83. The quantitative estimate of drug-likeness (QED) is 0.470. The minimum absolute atomic E-state index is 1.01. The van der Waals surface area contributed by atoms with Gasteiger partial charge in [-0.1, -0.05) is 60.7 Å². The third kappa shape index (κ3) is 2.00. The van der Waals surface area contributed by atoms with Crippen LogP contribution in [0.25, 0.3) is 33.5 Å². The predicted octanol–water partition coefficient (Wildman–Crippen LogP) is 5.31. The molecule has 0 saturated heterocycles. The SMILES string of the molecule is c1cc(-c2cnc[nH]2)cc(-c2cccc3c2Cc2ccccc2-3)c1. The van der Waals surface area contributed by atoms with Crippen LogP contribution in [0.4, 0.5) is 0 Å². The molecule has 3 aromatic carbocycles. The van der Waals surface area contributed by atoms with E-state index in [1.165, 1.54) is 33.4 Å². The maximum atomic E-state index is 4.13. The van der Waals surface area contributed by atoms with Crippen LogP contribution in [0.15, 0.2) is 79.3 Å². The molecule has 1 aromatic heterocycles. The lowest BCUT2D eigenvalue weighted by Gasteiger charge is -2.10. The van der Waals surface area contributed by atoms with Gasteiger partial charge in [0.15, 0.2) is 0 Å². The number of aromatic nitrogens is 2. The van der Waals surface area contributed by atoms with E-state index >= 15 is 0 Å². The highest BCUT2D eigenvalue weighted by Gasteiger charge is 2.20. The van der Waals surface area contributed by atoms with Gasteiger partial charge in [0.1, 0.15) is 0 Å². The van der Waals surface area contributed by atoms with E-state index in [0.29, 0.717) is 0 Å². The van der Waals surface area contributed by atoms with Crippen molar-refractivity contribution >= 4 is 0 Å². The van der Waals surface area contributed by atoms with Crippen molar-refractivity contribution in [3.63, 3.8) is 0 Å². The van der Waals surface area contributed by atoms with Crippen molar-refractivity contribution in [2.24, 2.45) is 0 Å². The second-order valence-corrected chi connectivity index (χ2v) is 6.21. The summed E-state index contributed by atoms with van der Waals surface area (Å²) in [7, 11) is 0. The first kappa shape index (κ1) is 13.3. The van der Waals surface area contributed by atoms with Gasteiger partial charge in [0.2, 0.25) is 0 Å². The van der Waals surface area contributed by atoms with Gasteiger partial charge in [0, 0.05) is 5.56 Å². The Morgan fingerprint density at radius 3 is 2.46 bits per heavy atom. The number of hydrogen-bond acceptors (Lipinski definition) is 1. The minimum atomic E-state index is 1.01. The summed E-state index contributed by atoms with van der Waals surface area (Å²) < 4.78 is 0. The first-order chi connectivity index (χ1) is 11.9. The fourth-order valence-electron chi connectivity index (χ4n) is 3.70. The molecule has 114 valence electrons. The topological polar surface area (TPSA) is 28.7 Å². The van der Waals surface area contributed by atoms with Gasteiger partial charge in [0.05, 0.1) is 18.2 Å². The Morgan fingerprint density at radius 1 is 0.750 bits per heavy atom. The van der Waals surface area contributed by atoms with Gasteiger partial charge < -0.3 is 4.98 Å². The van der Waals surface area contributed by atoms with Crippen molar-refractivity contribution in [1.82, 2.24) is 9.97 Å². The Labute approximate surface area is 140 Å². The number of imidazole rings is 1. The summed E-state index contributed by atoms with van der Waals surface area (Å²) in [6.07, 6.45) is 4.60. The normalized spacial score (nSPS) is 12.0. The van der Waals surface area contributed by atoms with Gasteiger partial charge in [0.25, 0.3) is 0 Å². The van der Waals surface area contributed by atoms with Crippen molar-refractivity contribution in [3.05, 3.63) is 90.4 Å². The molecule has 5 rings (SSSR count). The van der Waals surface area contributed by atoms with E-state index in [1.807, 2.05) is 6.20 Å². The van der Waals surface area contributed by atoms with E-state index < -0.39 is 0 Å². The summed E-state index contributed by atoms with van der Waals surface area (Å²) in [5.41, 5.74) is 10.4. The number of nitrogens with one attached hydrogen (secondary N) is 1. The van der Waals surface area contributed by atoms with Gasteiger partial charge in [-0.15, -0.1) is 0 Å². The number of nitrogens with zero attached hydrogens (tertiary/aromatic N) is 1. The van der Waals surface area contributed by atoms with E-state index in [9.17, 15) is 0 Å². The molecule has 0 amide bonds. The molecule has 1 N–H and O–H groups in total. The Balaban J connectivity index is 1.66. The molecule has 0 radical (unpaired) electrons. The monoisotopic (exact) mass is 308 g/mol. The van der Waals surface area contributed by atoms with Crippen LogP contribution in [-0.2, 0) is 6.42 Å². The number of fused-ring (bicyclic) bond motifs is 3. The average molecular weight is 308 g/mol. The lowest BCUT2D eigenvalue weighted by molar-refractivity contribution is 1.26. The maximum Gasteiger partial charge on any atom is 0.0924 e. The van der Waals surface area contributed by atoms with Gasteiger partial charge in [-0.2, -0.15) is 0 Å². The molecule has 0 atom stereocenters. The Bertz CT molecular complexity index is 1030. The van der Waals surface area contributed by atoms with Crippen molar-refractivity contribution in [3.8, 4) is 33.5 Å². The number of aromatic amines is 1.